The van der Waals surface area contributed by atoms with Crippen molar-refractivity contribution in [3.63, 3.8) is 0 Å². The van der Waals surface area contributed by atoms with E-state index in [1.807, 2.05) is 12.1 Å². The zero-order valence-electron chi connectivity index (χ0n) is 31.3. The van der Waals surface area contributed by atoms with E-state index in [1.54, 1.807) is 0 Å². The maximum absolute atomic E-state index is 6.42. The Morgan fingerprint density at radius 1 is 0.345 bits per heavy atom. The van der Waals surface area contributed by atoms with Crippen LogP contribution in [0.2, 0.25) is 0 Å². The second kappa shape index (κ2) is 12.9. The molecule has 0 aliphatic rings. The van der Waals surface area contributed by atoms with Crippen LogP contribution in [0.3, 0.4) is 0 Å². The number of nitrogens with zero attached hydrogens (tertiary/aromatic N) is 3. The standard InChI is InChI=1S/C54H33N3O/c1-4-14-34(15-5-1)39-24-26-41-46-28-37-20-10-11-21-38(37)29-50(46)57(49(41)30-39)54-55-48-33-45(40-25-27-43-42-22-12-13-23-51(42)58-52(43)31-40)44(35-16-6-2-7-17-35)32-47(48)53(56-54)36-18-8-3-9-19-36/h1-33H. The third-order valence-corrected chi connectivity index (χ3v) is 11.6. The van der Waals surface area contributed by atoms with Gasteiger partial charge >= 0.3 is 0 Å². The molecule has 58 heavy (non-hydrogen) atoms. The number of hydrogen-bond donors (Lipinski definition) is 0. The molecule has 4 heteroatoms. The number of benzene rings is 9. The van der Waals surface area contributed by atoms with Gasteiger partial charge in [-0.05, 0) is 92.7 Å². The second-order valence-electron chi connectivity index (χ2n) is 15.0. The lowest BCUT2D eigenvalue weighted by atomic mass is 9.91. The molecule has 12 rings (SSSR count). The predicted octanol–water partition coefficient (Wildman–Crippen LogP) is 14.4. The van der Waals surface area contributed by atoms with E-state index in [2.05, 4.69) is 193 Å². The van der Waals surface area contributed by atoms with Crippen LogP contribution in [-0.4, -0.2) is 14.5 Å². The van der Waals surface area contributed by atoms with Crippen molar-refractivity contribution in [3.05, 3.63) is 200 Å². The molecule has 0 saturated carbocycles. The van der Waals surface area contributed by atoms with Gasteiger partial charge in [0.25, 0.3) is 0 Å². The quantitative estimate of drug-likeness (QED) is 0.177. The maximum Gasteiger partial charge on any atom is 0.235 e. The van der Waals surface area contributed by atoms with Crippen molar-refractivity contribution in [2.24, 2.45) is 0 Å². The molecule has 12 aromatic rings. The number of hydrogen-bond acceptors (Lipinski definition) is 3. The molecule has 3 heterocycles. The molecular weight excluding hydrogens is 707 g/mol. The Morgan fingerprint density at radius 2 is 0.948 bits per heavy atom. The molecule has 9 aromatic carbocycles. The molecule has 0 aliphatic heterocycles. The van der Waals surface area contributed by atoms with Gasteiger partial charge in [-0.3, -0.25) is 4.57 Å². The largest absolute Gasteiger partial charge is 0.456 e. The summed E-state index contributed by atoms with van der Waals surface area (Å²) in [7, 11) is 0. The Labute approximate surface area is 333 Å². The molecule has 0 unspecified atom stereocenters. The van der Waals surface area contributed by atoms with E-state index in [0.717, 1.165) is 99.3 Å². The maximum atomic E-state index is 6.42. The summed E-state index contributed by atoms with van der Waals surface area (Å²) in [5, 5.41) is 7.89. The average molecular weight is 740 g/mol. The van der Waals surface area contributed by atoms with Crippen LogP contribution in [0.15, 0.2) is 205 Å². The van der Waals surface area contributed by atoms with Crippen LogP contribution in [0.5, 0.6) is 0 Å². The fourth-order valence-corrected chi connectivity index (χ4v) is 8.80. The molecular formula is C54H33N3O. The van der Waals surface area contributed by atoms with E-state index < -0.39 is 0 Å². The second-order valence-corrected chi connectivity index (χ2v) is 15.0. The van der Waals surface area contributed by atoms with Gasteiger partial charge in [0, 0.05) is 32.5 Å². The summed E-state index contributed by atoms with van der Waals surface area (Å²) in [6.45, 7) is 0. The summed E-state index contributed by atoms with van der Waals surface area (Å²) >= 11 is 0. The van der Waals surface area contributed by atoms with Crippen molar-refractivity contribution in [2.75, 3.05) is 0 Å². The third kappa shape index (κ3) is 5.16. The molecule has 0 N–H and O–H groups in total. The zero-order chi connectivity index (χ0) is 38.2. The van der Waals surface area contributed by atoms with Crippen molar-refractivity contribution in [1.29, 1.82) is 0 Å². The van der Waals surface area contributed by atoms with Crippen molar-refractivity contribution >= 4 is 65.4 Å². The summed E-state index contributed by atoms with van der Waals surface area (Å²) < 4.78 is 8.68. The fraction of sp³-hybridized carbons (Fsp3) is 0. The molecule has 4 nitrogen and oxygen atoms in total. The summed E-state index contributed by atoms with van der Waals surface area (Å²) in [5.41, 5.74) is 13.3. The van der Waals surface area contributed by atoms with Crippen LogP contribution in [0.1, 0.15) is 0 Å². The van der Waals surface area contributed by atoms with Crippen LogP contribution < -0.4 is 0 Å². The van der Waals surface area contributed by atoms with Crippen LogP contribution in [0.4, 0.5) is 0 Å². The van der Waals surface area contributed by atoms with Gasteiger partial charge in [0.1, 0.15) is 11.2 Å². The van der Waals surface area contributed by atoms with Gasteiger partial charge in [-0.1, -0.05) is 152 Å². The Morgan fingerprint density at radius 3 is 1.74 bits per heavy atom. The Balaban J connectivity index is 1.18. The van der Waals surface area contributed by atoms with Gasteiger partial charge in [0.2, 0.25) is 5.95 Å². The molecule has 0 radical (unpaired) electrons. The first-order valence-electron chi connectivity index (χ1n) is 19.6. The van der Waals surface area contributed by atoms with Crippen molar-refractivity contribution in [1.82, 2.24) is 14.5 Å². The van der Waals surface area contributed by atoms with Gasteiger partial charge in [0.05, 0.1) is 22.2 Å². The molecule has 3 aromatic heterocycles. The summed E-state index contributed by atoms with van der Waals surface area (Å²) in [4.78, 5) is 11.1. The Bertz CT molecular complexity index is 3550. The van der Waals surface area contributed by atoms with E-state index >= 15 is 0 Å². The molecule has 0 spiro atoms. The minimum absolute atomic E-state index is 0.623. The SMILES string of the molecule is c1ccc(-c2ccc3c4cc5ccccc5cc4n(-c4nc(-c5ccccc5)c5cc(-c6ccccc6)c(-c6ccc7c(c6)oc6ccccc67)cc5n4)c3c2)cc1. The zero-order valence-corrected chi connectivity index (χ0v) is 31.3. The Hall–Kier alpha value is -7.82. The highest BCUT2D eigenvalue weighted by Gasteiger charge is 2.21. The average Bonchev–Trinajstić information content (AvgIpc) is 3.82. The molecule has 0 amide bonds. The van der Waals surface area contributed by atoms with E-state index in [4.69, 9.17) is 14.4 Å². The molecule has 0 saturated heterocycles. The topological polar surface area (TPSA) is 43.9 Å². The fourth-order valence-electron chi connectivity index (χ4n) is 8.80. The summed E-state index contributed by atoms with van der Waals surface area (Å²) in [5.74, 6) is 0.623. The van der Waals surface area contributed by atoms with Crippen LogP contribution in [-0.2, 0) is 0 Å². The number of fused-ring (bicyclic) bond motifs is 8. The van der Waals surface area contributed by atoms with Gasteiger partial charge in [0.15, 0.2) is 0 Å². The minimum atomic E-state index is 0.623. The van der Waals surface area contributed by atoms with Crippen molar-refractivity contribution in [3.8, 4) is 50.6 Å². The summed E-state index contributed by atoms with van der Waals surface area (Å²) in [6, 6.07) is 70.9. The molecule has 0 bridgehead atoms. The number of rotatable bonds is 5. The smallest absolute Gasteiger partial charge is 0.235 e. The van der Waals surface area contributed by atoms with E-state index in [9.17, 15) is 0 Å². The van der Waals surface area contributed by atoms with Crippen LogP contribution >= 0.6 is 0 Å². The molecule has 0 aliphatic carbocycles. The van der Waals surface area contributed by atoms with E-state index in [1.165, 1.54) is 10.8 Å². The normalized spacial score (nSPS) is 11.8. The van der Waals surface area contributed by atoms with Gasteiger partial charge in [-0.15, -0.1) is 0 Å². The van der Waals surface area contributed by atoms with Crippen molar-refractivity contribution in [2.45, 2.75) is 0 Å². The molecule has 270 valence electrons. The first kappa shape index (κ1) is 32.4. The van der Waals surface area contributed by atoms with E-state index in [0.29, 0.717) is 5.95 Å². The van der Waals surface area contributed by atoms with E-state index in [-0.39, 0.29) is 0 Å². The monoisotopic (exact) mass is 739 g/mol. The van der Waals surface area contributed by atoms with Gasteiger partial charge in [-0.2, -0.15) is 0 Å². The van der Waals surface area contributed by atoms with Gasteiger partial charge < -0.3 is 4.42 Å². The number of para-hydroxylation sites is 1. The summed E-state index contributed by atoms with van der Waals surface area (Å²) in [6.07, 6.45) is 0. The molecule has 0 atom stereocenters. The van der Waals surface area contributed by atoms with Gasteiger partial charge in [-0.25, -0.2) is 9.97 Å². The first-order chi connectivity index (χ1) is 28.7. The number of furan rings is 1. The number of aromatic nitrogens is 3. The lowest BCUT2D eigenvalue weighted by Crippen LogP contribution is -2.04. The highest BCUT2D eigenvalue weighted by Crippen LogP contribution is 2.42. The Kier molecular flexibility index (Phi) is 7.20. The lowest BCUT2D eigenvalue weighted by Gasteiger charge is -2.16. The molecule has 0 fully saturated rings. The van der Waals surface area contributed by atoms with Crippen LogP contribution in [0.25, 0.3) is 116 Å². The predicted molar refractivity (Wildman–Crippen MR) is 240 cm³/mol. The van der Waals surface area contributed by atoms with Crippen molar-refractivity contribution < 1.29 is 4.42 Å². The first-order valence-corrected chi connectivity index (χ1v) is 19.6. The highest BCUT2D eigenvalue weighted by atomic mass is 16.3. The lowest BCUT2D eigenvalue weighted by molar-refractivity contribution is 0.669. The third-order valence-electron chi connectivity index (χ3n) is 11.6. The van der Waals surface area contributed by atoms with Crippen LogP contribution in [0, 0.1) is 0 Å². The minimum Gasteiger partial charge on any atom is -0.456 e. The highest BCUT2D eigenvalue weighted by molar-refractivity contribution is 6.14.